The van der Waals surface area contributed by atoms with Crippen molar-refractivity contribution in [2.75, 3.05) is 13.2 Å². The van der Waals surface area contributed by atoms with E-state index in [9.17, 15) is 4.79 Å². The monoisotopic (exact) mass is 340 g/mol. The second-order valence-electron chi connectivity index (χ2n) is 6.21. The van der Waals surface area contributed by atoms with Crippen LogP contribution in [0.3, 0.4) is 0 Å². The fraction of sp³-hybridized carbons (Fsp3) is 0.350. The fourth-order valence-electron chi connectivity index (χ4n) is 2.76. The number of hydrogen-bond donors (Lipinski definition) is 1. The standard InChI is InChI=1S/C20H24N2O3/c21-19(20(23)22-12-4-5-13-25-22)14-16-8-10-18(11-9-16)24-15-17-6-2-1-3-7-17/h1-3,6-11,19H,4-5,12-15,21H2/t19-/m0/s1. The van der Waals surface area contributed by atoms with E-state index < -0.39 is 6.04 Å². The molecule has 3 rings (SSSR count). The van der Waals surface area contributed by atoms with Gasteiger partial charge in [0.25, 0.3) is 5.91 Å². The zero-order valence-corrected chi connectivity index (χ0v) is 14.3. The predicted octanol–water partition coefficient (Wildman–Crippen LogP) is 2.69. The third-order valence-electron chi connectivity index (χ3n) is 4.19. The summed E-state index contributed by atoms with van der Waals surface area (Å²) in [7, 11) is 0. The lowest BCUT2D eigenvalue weighted by molar-refractivity contribution is -0.198. The molecule has 2 N–H and O–H groups in total. The van der Waals surface area contributed by atoms with E-state index in [0.29, 0.717) is 26.2 Å². The molecule has 0 aromatic heterocycles. The molecule has 0 bridgehead atoms. The maximum absolute atomic E-state index is 12.3. The molecule has 132 valence electrons. The molecule has 0 unspecified atom stereocenters. The lowest BCUT2D eigenvalue weighted by atomic mass is 10.1. The Kier molecular flexibility index (Phi) is 6.04. The highest BCUT2D eigenvalue weighted by Crippen LogP contribution is 2.16. The molecule has 1 heterocycles. The predicted molar refractivity (Wildman–Crippen MR) is 95.8 cm³/mol. The summed E-state index contributed by atoms with van der Waals surface area (Å²) in [5.41, 5.74) is 8.18. The number of nitrogens with two attached hydrogens (primary N) is 1. The van der Waals surface area contributed by atoms with Gasteiger partial charge in [0.15, 0.2) is 0 Å². The zero-order chi connectivity index (χ0) is 17.5. The van der Waals surface area contributed by atoms with Gasteiger partial charge in [0.05, 0.1) is 12.6 Å². The highest BCUT2D eigenvalue weighted by atomic mass is 16.7. The van der Waals surface area contributed by atoms with Crippen molar-refractivity contribution >= 4 is 5.91 Å². The van der Waals surface area contributed by atoms with E-state index >= 15 is 0 Å². The maximum atomic E-state index is 12.3. The van der Waals surface area contributed by atoms with Gasteiger partial charge in [0.2, 0.25) is 0 Å². The lowest BCUT2D eigenvalue weighted by Gasteiger charge is -2.28. The quantitative estimate of drug-likeness (QED) is 0.878. The van der Waals surface area contributed by atoms with E-state index in [1.165, 1.54) is 5.06 Å². The number of amides is 1. The minimum atomic E-state index is -0.589. The van der Waals surface area contributed by atoms with Crippen LogP contribution in [0, 0.1) is 0 Å². The molecule has 0 spiro atoms. The molecular formula is C20H24N2O3. The van der Waals surface area contributed by atoms with Crippen LogP contribution < -0.4 is 10.5 Å². The fourth-order valence-corrected chi connectivity index (χ4v) is 2.76. The summed E-state index contributed by atoms with van der Waals surface area (Å²) in [5.74, 6) is 0.649. The zero-order valence-electron chi connectivity index (χ0n) is 14.3. The molecule has 5 heteroatoms. The van der Waals surface area contributed by atoms with Crippen LogP contribution in [0.5, 0.6) is 5.75 Å². The number of hydroxylamine groups is 2. The van der Waals surface area contributed by atoms with Gasteiger partial charge >= 0.3 is 0 Å². The summed E-state index contributed by atoms with van der Waals surface area (Å²) in [5, 5.41) is 1.41. The average Bonchev–Trinajstić information content (AvgIpc) is 2.68. The van der Waals surface area contributed by atoms with E-state index in [2.05, 4.69) is 0 Å². The minimum absolute atomic E-state index is 0.149. The molecule has 1 fully saturated rings. The highest BCUT2D eigenvalue weighted by molar-refractivity contribution is 5.81. The molecule has 0 radical (unpaired) electrons. The van der Waals surface area contributed by atoms with Gasteiger partial charge in [-0.05, 0) is 42.5 Å². The van der Waals surface area contributed by atoms with Gasteiger partial charge in [-0.3, -0.25) is 9.63 Å². The van der Waals surface area contributed by atoms with E-state index in [-0.39, 0.29) is 5.91 Å². The molecule has 1 atom stereocenters. The third kappa shape index (κ3) is 5.05. The molecule has 0 aliphatic carbocycles. The van der Waals surface area contributed by atoms with Crippen molar-refractivity contribution < 1.29 is 14.4 Å². The Morgan fingerprint density at radius 2 is 1.84 bits per heavy atom. The van der Waals surface area contributed by atoms with Crippen LogP contribution in [-0.2, 0) is 22.7 Å². The van der Waals surface area contributed by atoms with Crippen LogP contribution >= 0.6 is 0 Å². The van der Waals surface area contributed by atoms with Crippen LogP contribution in [0.1, 0.15) is 24.0 Å². The molecular weight excluding hydrogens is 316 g/mol. The van der Waals surface area contributed by atoms with E-state index in [0.717, 1.165) is 29.7 Å². The smallest absolute Gasteiger partial charge is 0.263 e. The summed E-state index contributed by atoms with van der Waals surface area (Å²) in [6.45, 7) is 1.75. The van der Waals surface area contributed by atoms with Crippen LogP contribution in [0.25, 0.3) is 0 Å². The van der Waals surface area contributed by atoms with Gasteiger partial charge in [-0.15, -0.1) is 0 Å². The van der Waals surface area contributed by atoms with Crippen LogP contribution in [0.2, 0.25) is 0 Å². The first kappa shape index (κ1) is 17.5. The molecule has 1 amide bonds. The molecule has 1 aliphatic rings. The number of benzene rings is 2. The van der Waals surface area contributed by atoms with Crippen molar-refractivity contribution in [2.45, 2.75) is 31.9 Å². The third-order valence-corrected chi connectivity index (χ3v) is 4.19. The Labute approximate surface area is 148 Å². The molecule has 1 aliphatic heterocycles. The summed E-state index contributed by atoms with van der Waals surface area (Å²) >= 11 is 0. The Bertz CT molecular complexity index is 667. The Hall–Kier alpha value is -2.37. The first-order valence-electron chi connectivity index (χ1n) is 8.68. The van der Waals surface area contributed by atoms with Crippen LogP contribution in [0.4, 0.5) is 0 Å². The van der Waals surface area contributed by atoms with Gasteiger partial charge in [-0.25, -0.2) is 5.06 Å². The maximum Gasteiger partial charge on any atom is 0.263 e. The molecule has 0 saturated carbocycles. The molecule has 2 aromatic carbocycles. The summed E-state index contributed by atoms with van der Waals surface area (Å²) in [6, 6.07) is 17.2. The van der Waals surface area contributed by atoms with Crippen LogP contribution in [0.15, 0.2) is 54.6 Å². The van der Waals surface area contributed by atoms with E-state index in [4.69, 9.17) is 15.3 Å². The Morgan fingerprint density at radius 1 is 1.08 bits per heavy atom. The van der Waals surface area contributed by atoms with Crippen molar-refractivity contribution in [1.82, 2.24) is 5.06 Å². The number of nitrogens with zero attached hydrogens (tertiary/aromatic N) is 1. The van der Waals surface area contributed by atoms with Crippen molar-refractivity contribution in [3.8, 4) is 5.75 Å². The first-order chi connectivity index (χ1) is 12.2. The largest absolute Gasteiger partial charge is 0.489 e. The van der Waals surface area contributed by atoms with Crippen molar-refractivity contribution in [3.63, 3.8) is 0 Å². The summed E-state index contributed by atoms with van der Waals surface area (Å²) in [6.07, 6.45) is 2.44. The van der Waals surface area contributed by atoms with E-state index in [1.54, 1.807) is 0 Å². The van der Waals surface area contributed by atoms with Gasteiger partial charge in [0, 0.05) is 6.54 Å². The Balaban J connectivity index is 1.50. The molecule has 2 aromatic rings. The number of hydrogen-bond acceptors (Lipinski definition) is 4. The molecule has 25 heavy (non-hydrogen) atoms. The number of ether oxygens (including phenoxy) is 1. The van der Waals surface area contributed by atoms with Crippen LogP contribution in [-0.4, -0.2) is 30.2 Å². The normalized spacial score (nSPS) is 15.6. The SMILES string of the molecule is N[C@@H](Cc1ccc(OCc2ccccc2)cc1)C(=O)N1CCCCO1. The Morgan fingerprint density at radius 3 is 2.52 bits per heavy atom. The summed E-state index contributed by atoms with van der Waals surface area (Å²) in [4.78, 5) is 17.7. The van der Waals surface area contributed by atoms with Crippen molar-refractivity contribution in [1.29, 1.82) is 0 Å². The second kappa shape index (κ2) is 8.65. The average molecular weight is 340 g/mol. The van der Waals surface area contributed by atoms with Gasteiger partial charge in [-0.2, -0.15) is 0 Å². The van der Waals surface area contributed by atoms with E-state index in [1.807, 2.05) is 54.6 Å². The molecule has 1 saturated heterocycles. The lowest BCUT2D eigenvalue weighted by Crippen LogP contribution is -2.46. The van der Waals surface area contributed by atoms with Gasteiger partial charge < -0.3 is 10.5 Å². The van der Waals surface area contributed by atoms with Crippen molar-refractivity contribution in [3.05, 3.63) is 65.7 Å². The highest BCUT2D eigenvalue weighted by Gasteiger charge is 2.23. The second-order valence-corrected chi connectivity index (χ2v) is 6.21. The van der Waals surface area contributed by atoms with Gasteiger partial charge in [0.1, 0.15) is 12.4 Å². The minimum Gasteiger partial charge on any atom is -0.489 e. The number of carbonyl (C=O) groups is 1. The molecule has 5 nitrogen and oxygen atoms in total. The number of rotatable bonds is 6. The van der Waals surface area contributed by atoms with Gasteiger partial charge in [-0.1, -0.05) is 42.5 Å². The first-order valence-corrected chi connectivity index (χ1v) is 8.68. The van der Waals surface area contributed by atoms with Crippen molar-refractivity contribution in [2.24, 2.45) is 5.73 Å². The number of carbonyl (C=O) groups excluding carboxylic acids is 1. The summed E-state index contributed by atoms with van der Waals surface area (Å²) < 4.78 is 5.77. The topological polar surface area (TPSA) is 64.8 Å².